The highest BCUT2D eigenvalue weighted by Gasteiger charge is 2.20. The van der Waals surface area contributed by atoms with Crippen molar-refractivity contribution in [2.75, 3.05) is 31.8 Å². The molecule has 0 aliphatic carbocycles. The summed E-state index contributed by atoms with van der Waals surface area (Å²) in [6.07, 6.45) is 0. The molecule has 0 aromatic heterocycles. The summed E-state index contributed by atoms with van der Waals surface area (Å²) in [5, 5.41) is 3.26. The van der Waals surface area contributed by atoms with Gasteiger partial charge in [-0.1, -0.05) is 45.0 Å². The molecule has 0 aliphatic heterocycles. The fourth-order valence-corrected chi connectivity index (χ4v) is 3.59. The van der Waals surface area contributed by atoms with Crippen LogP contribution in [0.1, 0.15) is 43.9 Å². The first-order chi connectivity index (χ1) is 9.89. The van der Waals surface area contributed by atoms with Crippen molar-refractivity contribution in [3.8, 4) is 0 Å². The van der Waals surface area contributed by atoms with Gasteiger partial charge >= 0.3 is 0 Å². The van der Waals surface area contributed by atoms with Crippen LogP contribution in [0, 0.1) is 0 Å². The van der Waals surface area contributed by atoms with Crippen LogP contribution in [0.15, 0.2) is 24.3 Å². The van der Waals surface area contributed by atoms with Crippen LogP contribution in [-0.2, 0) is 14.6 Å². The zero-order chi connectivity index (χ0) is 15.9. The summed E-state index contributed by atoms with van der Waals surface area (Å²) < 4.78 is 29.1. The number of hydrogen-bond donors (Lipinski definition) is 1. The number of hydrogen-bond acceptors (Lipinski definition) is 4. The Hall–Kier alpha value is -0.910. The highest BCUT2D eigenvalue weighted by Crippen LogP contribution is 2.20. The Morgan fingerprint density at radius 3 is 2.19 bits per heavy atom. The number of ether oxygens (including phenoxy) is 1. The van der Waals surface area contributed by atoms with Gasteiger partial charge in [-0.05, 0) is 23.6 Å². The van der Waals surface area contributed by atoms with Gasteiger partial charge in [-0.25, -0.2) is 8.42 Å². The van der Waals surface area contributed by atoms with Crippen LogP contribution in [0.4, 0.5) is 0 Å². The summed E-state index contributed by atoms with van der Waals surface area (Å²) in [5.41, 5.74) is 2.28. The van der Waals surface area contributed by atoms with E-state index in [9.17, 15) is 8.42 Å². The lowest BCUT2D eigenvalue weighted by atomic mass is 9.99. The molecule has 1 N–H and O–H groups in total. The topological polar surface area (TPSA) is 55.4 Å². The number of benzene rings is 1. The van der Waals surface area contributed by atoms with E-state index in [0.717, 1.165) is 12.1 Å². The van der Waals surface area contributed by atoms with E-state index >= 15 is 0 Å². The van der Waals surface area contributed by atoms with Gasteiger partial charge in [0, 0.05) is 13.2 Å². The van der Waals surface area contributed by atoms with Gasteiger partial charge in [-0.3, -0.25) is 0 Å². The molecule has 1 aromatic carbocycles. The fourth-order valence-electron chi connectivity index (χ4n) is 2.18. The number of sulfone groups is 1. The quantitative estimate of drug-likeness (QED) is 0.761. The number of rotatable bonds is 9. The second-order valence-corrected chi connectivity index (χ2v) is 7.77. The Morgan fingerprint density at radius 1 is 1.14 bits per heavy atom. The lowest BCUT2D eigenvalue weighted by Gasteiger charge is -2.19. The van der Waals surface area contributed by atoms with Gasteiger partial charge in [-0.2, -0.15) is 0 Å². The van der Waals surface area contributed by atoms with Gasteiger partial charge in [0.05, 0.1) is 18.1 Å². The molecule has 0 saturated carbocycles. The predicted octanol–water partition coefficient (Wildman–Crippen LogP) is 2.52. The van der Waals surface area contributed by atoms with Crippen LogP contribution >= 0.6 is 0 Å². The Labute approximate surface area is 128 Å². The molecule has 1 atom stereocenters. The largest absolute Gasteiger partial charge is 0.384 e. The first kappa shape index (κ1) is 18.1. The molecule has 0 aliphatic rings. The SMILES string of the molecule is CCNC(CS(=O)(=O)CCOC)c1ccc(C(C)C)cc1. The van der Waals surface area contributed by atoms with E-state index in [0.29, 0.717) is 5.92 Å². The molecule has 1 unspecified atom stereocenters. The molecule has 0 spiro atoms. The van der Waals surface area contributed by atoms with E-state index in [1.165, 1.54) is 12.7 Å². The maximum atomic E-state index is 12.1. The van der Waals surface area contributed by atoms with Crippen molar-refractivity contribution in [2.24, 2.45) is 0 Å². The second-order valence-electron chi connectivity index (χ2n) is 5.54. The molecule has 21 heavy (non-hydrogen) atoms. The van der Waals surface area contributed by atoms with Gasteiger partial charge in [0.1, 0.15) is 0 Å². The molecule has 0 saturated heterocycles. The molecular weight excluding hydrogens is 286 g/mol. The van der Waals surface area contributed by atoms with Crippen molar-refractivity contribution in [1.82, 2.24) is 5.32 Å². The molecule has 1 aromatic rings. The Bertz CT molecular complexity index is 509. The van der Waals surface area contributed by atoms with Crippen LogP contribution in [-0.4, -0.2) is 40.2 Å². The molecule has 1 rings (SSSR count). The predicted molar refractivity (Wildman–Crippen MR) is 87.5 cm³/mol. The van der Waals surface area contributed by atoms with Crippen molar-refractivity contribution in [3.05, 3.63) is 35.4 Å². The summed E-state index contributed by atoms with van der Waals surface area (Å²) in [4.78, 5) is 0. The Balaban J connectivity index is 2.86. The van der Waals surface area contributed by atoms with E-state index in [-0.39, 0.29) is 24.2 Å². The smallest absolute Gasteiger partial charge is 0.154 e. The zero-order valence-corrected chi connectivity index (χ0v) is 14.2. The van der Waals surface area contributed by atoms with Crippen LogP contribution in [0.2, 0.25) is 0 Å². The minimum atomic E-state index is -3.13. The Morgan fingerprint density at radius 2 is 1.71 bits per heavy atom. The minimum Gasteiger partial charge on any atom is -0.384 e. The van der Waals surface area contributed by atoms with Gasteiger partial charge in [-0.15, -0.1) is 0 Å². The average molecular weight is 313 g/mol. The van der Waals surface area contributed by atoms with Crippen molar-refractivity contribution >= 4 is 9.84 Å². The molecule has 0 amide bonds. The van der Waals surface area contributed by atoms with Crippen LogP contribution in [0.5, 0.6) is 0 Å². The van der Waals surface area contributed by atoms with Crippen LogP contribution in [0.25, 0.3) is 0 Å². The second kappa shape index (κ2) is 8.51. The first-order valence-corrected chi connectivity index (χ1v) is 9.24. The Kier molecular flexibility index (Phi) is 7.35. The lowest BCUT2D eigenvalue weighted by molar-refractivity contribution is 0.217. The van der Waals surface area contributed by atoms with Crippen LogP contribution < -0.4 is 5.32 Å². The summed E-state index contributed by atoms with van der Waals surface area (Å²) in [6.45, 7) is 7.25. The maximum absolute atomic E-state index is 12.1. The first-order valence-electron chi connectivity index (χ1n) is 7.42. The summed E-state index contributed by atoms with van der Waals surface area (Å²) in [5.74, 6) is 0.641. The van der Waals surface area contributed by atoms with Gasteiger partial charge < -0.3 is 10.1 Å². The maximum Gasteiger partial charge on any atom is 0.154 e. The van der Waals surface area contributed by atoms with Crippen molar-refractivity contribution in [2.45, 2.75) is 32.7 Å². The molecule has 0 bridgehead atoms. The van der Waals surface area contributed by atoms with Gasteiger partial charge in [0.2, 0.25) is 0 Å². The number of methoxy groups -OCH3 is 1. The molecule has 0 radical (unpaired) electrons. The third-order valence-corrected chi connectivity index (χ3v) is 5.10. The molecular formula is C16H27NO3S. The van der Waals surface area contributed by atoms with E-state index in [1.807, 2.05) is 19.1 Å². The average Bonchev–Trinajstić information content (AvgIpc) is 2.44. The normalized spacial score (nSPS) is 13.6. The number of nitrogens with one attached hydrogen (secondary N) is 1. The lowest BCUT2D eigenvalue weighted by Crippen LogP contribution is -2.30. The molecule has 0 fully saturated rings. The van der Waals surface area contributed by atoms with E-state index in [4.69, 9.17) is 4.74 Å². The highest BCUT2D eigenvalue weighted by atomic mass is 32.2. The van der Waals surface area contributed by atoms with E-state index in [2.05, 4.69) is 31.3 Å². The molecule has 5 heteroatoms. The summed E-state index contributed by atoms with van der Waals surface area (Å²) in [7, 11) is -1.61. The molecule has 4 nitrogen and oxygen atoms in total. The van der Waals surface area contributed by atoms with E-state index < -0.39 is 9.84 Å². The highest BCUT2D eigenvalue weighted by molar-refractivity contribution is 7.91. The monoisotopic (exact) mass is 313 g/mol. The summed E-state index contributed by atoms with van der Waals surface area (Å²) >= 11 is 0. The van der Waals surface area contributed by atoms with Gasteiger partial charge in [0.25, 0.3) is 0 Å². The van der Waals surface area contributed by atoms with Crippen molar-refractivity contribution < 1.29 is 13.2 Å². The van der Waals surface area contributed by atoms with Crippen LogP contribution in [0.3, 0.4) is 0 Å². The summed E-state index contributed by atoms with van der Waals surface area (Å²) in [6, 6.07) is 8.03. The third-order valence-electron chi connectivity index (χ3n) is 3.48. The fraction of sp³-hybridized carbons (Fsp3) is 0.625. The zero-order valence-electron chi connectivity index (χ0n) is 13.4. The van der Waals surface area contributed by atoms with E-state index in [1.54, 1.807) is 0 Å². The molecule has 0 heterocycles. The van der Waals surface area contributed by atoms with Crippen molar-refractivity contribution in [3.63, 3.8) is 0 Å². The minimum absolute atomic E-state index is 0.0650. The van der Waals surface area contributed by atoms with Gasteiger partial charge in [0.15, 0.2) is 9.84 Å². The van der Waals surface area contributed by atoms with Crippen molar-refractivity contribution in [1.29, 1.82) is 0 Å². The molecule has 120 valence electrons. The third kappa shape index (κ3) is 6.16. The standard InChI is InChI=1S/C16H27NO3S/c1-5-17-16(12-21(18,19)11-10-20-4)15-8-6-14(7-9-15)13(2)3/h6-9,13,16-17H,5,10-12H2,1-4H3.